The minimum absolute atomic E-state index is 0.0418. The van der Waals surface area contributed by atoms with Crippen molar-refractivity contribution in [3.8, 4) is 10.8 Å². The first-order valence-electron chi connectivity index (χ1n) is 11.6. The highest BCUT2D eigenvalue weighted by atomic mass is 35.5. The van der Waals surface area contributed by atoms with Crippen LogP contribution in [0.15, 0.2) is 50.7 Å². The second-order valence-electron chi connectivity index (χ2n) is 9.21. The van der Waals surface area contributed by atoms with E-state index in [-0.39, 0.29) is 11.9 Å². The van der Waals surface area contributed by atoms with Gasteiger partial charge in [0.1, 0.15) is 22.7 Å². The van der Waals surface area contributed by atoms with Crippen molar-refractivity contribution in [1.29, 1.82) is 0 Å². The highest BCUT2D eigenvalue weighted by Crippen LogP contribution is 2.37. The molecule has 0 radical (unpaired) electrons. The van der Waals surface area contributed by atoms with Gasteiger partial charge in [-0.25, -0.2) is 19.1 Å². The lowest BCUT2D eigenvalue weighted by atomic mass is 10.1. The van der Waals surface area contributed by atoms with E-state index in [1.54, 1.807) is 25.1 Å². The van der Waals surface area contributed by atoms with Crippen molar-refractivity contribution in [2.24, 2.45) is 0 Å². The van der Waals surface area contributed by atoms with E-state index < -0.39 is 35.2 Å². The third kappa shape index (κ3) is 4.31. The van der Waals surface area contributed by atoms with Gasteiger partial charge in [-0.15, -0.1) is 11.3 Å². The number of carbonyl (C=O) groups is 1. The van der Waals surface area contributed by atoms with Crippen LogP contribution in [0.1, 0.15) is 37.5 Å². The van der Waals surface area contributed by atoms with Crippen LogP contribution in [0, 0.1) is 6.92 Å². The van der Waals surface area contributed by atoms with Crippen molar-refractivity contribution in [3.05, 3.63) is 73.7 Å². The predicted molar refractivity (Wildman–Crippen MR) is 137 cm³/mol. The number of nitrogens with zero attached hydrogens (tertiary/aromatic N) is 3. The number of rotatable bonds is 8. The zero-order chi connectivity index (χ0) is 26.5. The average molecular weight is 546 g/mol. The smallest absolute Gasteiger partial charge is 0.333 e. The Hall–Kier alpha value is -3.25. The summed E-state index contributed by atoms with van der Waals surface area (Å²) < 4.78 is 19.3. The number of thiophene rings is 1. The molecular weight excluding hydrogens is 522 g/mol. The maximum atomic E-state index is 13.9. The van der Waals surface area contributed by atoms with Crippen molar-refractivity contribution in [3.63, 3.8) is 0 Å². The molecule has 10 nitrogen and oxygen atoms in total. The number of ether oxygens (including phenoxy) is 2. The molecule has 0 saturated carbocycles. The first kappa shape index (κ1) is 25.4. The lowest BCUT2D eigenvalue weighted by Crippen LogP contribution is -2.52. The van der Waals surface area contributed by atoms with E-state index in [1.807, 2.05) is 6.07 Å². The number of benzene rings is 1. The molecule has 1 saturated heterocycles. The summed E-state index contributed by atoms with van der Waals surface area (Å²) in [6.07, 6.45) is 2.40. The first-order chi connectivity index (χ1) is 17.6. The molecule has 0 aliphatic carbocycles. The summed E-state index contributed by atoms with van der Waals surface area (Å²) in [6.45, 7) is 4.87. The molecule has 0 spiro atoms. The molecule has 0 amide bonds. The molecule has 1 unspecified atom stereocenters. The number of fused-ring (bicyclic) bond motifs is 1. The lowest BCUT2D eigenvalue weighted by molar-refractivity contribution is -0.239. The highest BCUT2D eigenvalue weighted by Gasteiger charge is 2.36. The maximum Gasteiger partial charge on any atom is 0.333 e. The minimum Gasteiger partial charge on any atom is -0.480 e. The fourth-order valence-electron chi connectivity index (χ4n) is 4.26. The SMILES string of the molecule is Cc1c(-c2ncco2)sc2c1c(=O)n(C(C)(C)C(=O)O)c(=O)n2C[C@H](OC1CCO1)c1ccccc1Cl. The number of hydrogen-bond acceptors (Lipinski definition) is 8. The Balaban J connectivity index is 1.78. The molecule has 194 valence electrons. The Bertz CT molecular complexity index is 1600. The van der Waals surface area contributed by atoms with E-state index in [9.17, 15) is 19.5 Å². The van der Waals surface area contributed by atoms with Crippen LogP contribution in [-0.2, 0) is 26.4 Å². The standard InChI is InChI=1S/C25H24ClN3O7S/c1-13-18-21(30)29(25(2,3)23(31)32)24(33)28(22(18)37-19(13)20-27-9-11-35-20)12-16(36-17-8-10-34-17)14-6-4-5-7-15(14)26/h4-7,9,11,16-17H,8,10,12H2,1-3H3,(H,31,32)/t16-,17?/m0/s1. The van der Waals surface area contributed by atoms with Gasteiger partial charge in [-0.2, -0.15) is 0 Å². The number of carboxylic acids is 1. The van der Waals surface area contributed by atoms with Gasteiger partial charge in [-0.3, -0.25) is 9.36 Å². The van der Waals surface area contributed by atoms with Gasteiger partial charge < -0.3 is 19.0 Å². The molecule has 0 bridgehead atoms. The van der Waals surface area contributed by atoms with Crippen molar-refractivity contribution in [2.45, 2.75) is 51.7 Å². The maximum absolute atomic E-state index is 13.9. The molecule has 1 aliphatic heterocycles. The molecule has 12 heteroatoms. The van der Waals surface area contributed by atoms with Crippen molar-refractivity contribution in [1.82, 2.24) is 14.1 Å². The van der Waals surface area contributed by atoms with Gasteiger partial charge >= 0.3 is 11.7 Å². The summed E-state index contributed by atoms with van der Waals surface area (Å²) in [5.74, 6) is -1.02. The van der Waals surface area contributed by atoms with Crippen LogP contribution in [0.3, 0.4) is 0 Å². The number of oxazole rings is 1. The fourth-order valence-corrected chi connectivity index (χ4v) is 5.76. The summed E-state index contributed by atoms with van der Waals surface area (Å²) in [4.78, 5) is 44.8. The van der Waals surface area contributed by atoms with Crippen LogP contribution < -0.4 is 11.2 Å². The molecule has 3 aromatic heterocycles. The summed E-state index contributed by atoms with van der Waals surface area (Å²) in [5, 5.41) is 10.6. The number of aryl methyl sites for hydroxylation is 1. The van der Waals surface area contributed by atoms with Gasteiger partial charge in [-0.1, -0.05) is 29.8 Å². The van der Waals surface area contributed by atoms with Gasteiger partial charge in [0.05, 0.1) is 29.6 Å². The second kappa shape index (κ2) is 9.56. The number of aromatic nitrogens is 3. The molecule has 37 heavy (non-hydrogen) atoms. The third-order valence-electron chi connectivity index (χ3n) is 6.50. The molecule has 4 aromatic rings. The van der Waals surface area contributed by atoms with Gasteiger partial charge in [-0.05, 0) is 32.4 Å². The minimum atomic E-state index is -1.82. The average Bonchev–Trinajstić information content (AvgIpc) is 3.46. The zero-order valence-corrected chi connectivity index (χ0v) is 21.8. The molecule has 4 heterocycles. The number of carboxylic acid groups (broad SMARTS) is 1. The fraction of sp³-hybridized carbons (Fsp3) is 0.360. The summed E-state index contributed by atoms with van der Waals surface area (Å²) in [5.41, 5.74) is -2.13. The monoisotopic (exact) mass is 545 g/mol. The van der Waals surface area contributed by atoms with E-state index >= 15 is 0 Å². The van der Waals surface area contributed by atoms with Crippen molar-refractivity contribution < 1.29 is 23.8 Å². The molecule has 1 aromatic carbocycles. The van der Waals surface area contributed by atoms with Crippen LogP contribution in [0.2, 0.25) is 5.02 Å². The summed E-state index contributed by atoms with van der Waals surface area (Å²) in [6, 6.07) is 7.11. The third-order valence-corrected chi connectivity index (χ3v) is 8.14. The Morgan fingerprint density at radius 2 is 2.08 bits per heavy atom. The van der Waals surface area contributed by atoms with Crippen LogP contribution >= 0.6 is 22.9 Å². The Morgan fingerprint density at radius 1 is 1.35 bits per heavy atom. The zero-order valence-electron chi connectivity index (χ0n) is 20.3. The van der Waals surface area contributed by atoms with Crippen LogP contribution in [0.4, 0.5) is 0 Å². The van der Waals surface area contributed by atoms with Gasteiger partial charge in [0.15, 0.2) is 6.29 Å². The Morgan fingerprint density at radius 3 is 2.68 bits per heavy atom. The van der Waals surface area contributed by atoms with Gasteiger partial charge in [0.2, 0.25) is 5.89 Å². The largest absolute Gasteiger partial charge is 0.480 e. The summed E-state index contributed by atoms with van der Waals surface area (Å²) >= 11 is 7.67. The molecule has 2 atom stereocenters. The van der Waals surface area contributed by atoms with Gasteiger partial charge in [0, 0.05) is 17.0 Å². The normalized spacial score (nSPS) is 16.6. The lowest BCUT2D eigenvalue weighted by Gasteiger charge is -2.32. The van der Waals surface area contributed by atoms with Crippen LogP contribution in [-0.4, -0.2) is 38.1 Å². The Labute approximate surface area is 219 Å². The van der Waals surface area contributed by atoms with Gasteiger partial charge in [0.25, 0.3) is 5.56 Å². The molecule has 1 fully saturated rings. The summed E-state index contributed by atoms with van der Waals surface area (Å²) in [7, 11) is 0. The van der Waals surface area contributed by atoms with E-state index in [0.29, 0.717) is 44.8 Å². The second-order valence-corrected chi connectivity index (χ2v) is 10.6. The topological polar surface area (TPSA) is 126 Å². The van der Waals surface area contributed by atoms with Crippen LogP contribution in [0.5, 0.6) is 0 Å². The van der Waals surface area contributed by atoms with Crippen molar-refractivity contribution in [2.75, 3.05) is 6.61 Å². The quantitative estimate of drug-likeness (QED) is 0.350. The van der Waals surface area contributed by atoms with Crippen LogP contribution in [0.25, 0.3) is 21.0 Å². The van der Waals surface area contributed by atoms with E-state index in [2.05, 4.69) is 4.98 Å². The predicted octanol–water partition coefficient (Wildman–Crippen LogP) is 4.17. The molecule has 1 N–H and O–H groups in total. The van der Waals surface area contributed by atoms with E-state index in [1.165, 1.54) is 42.2 Å². The molecule has 1 aliphatic rings. The van der Waals surface area contributed by atoms with E-state index in [0.717, 1.165) is 4.57 Å². The highest BCUT2D eigenvalue weighted by molar-refractivity contribution is 7.22. The number of halogens is 1. The first-order valence-corrected chi connectivity index (χ1v) is 12.7. The molecule has 5 rings (SSSR count). The van der Waals surface area contributed by atoms with E-state index in [4.69, 9.17) is 25.5 Å². The number of aliphatic carboxylic acids is 1. The molecular formula is C25H24ClN3O7S. The number of hydrogen-bond donors (Lipinski definition) is 1. The van der Waals surface area contributed by atoms with Crippen molar-refractivity contribution >= 4 is 39.1 Å². The Kier molecular flexibility index (Phi) is 6.57.